The summed E-state index contributed by atoms with van der Waals surface area (Å²) in [6.07, 6.45) is 6.48. The van der Waals surface area contributed by atoms with Crippen molar-refractivity contribution in [2.24, 2.45) is 18.0 Å². The lowest BCUT2D eigenvalue weighted by Gasteiger charge is -2.22. The molecule has 2 aliphatic heterocycles. The van der Waals surface area contributed by atoms with Gasteiger partial charge in [-0.2, -0.15) is 5.10 Å². The molecule has 7 nitrogen and oxygen atoms in total. The van der Waals surface area contributed by atoms with Gasteiger partial charge in [-0.25, -0.2) is 0 Å². The van der Waals surface area contributed by atoms with Crippen LogP contribution in [0.25, 0.3) is 0 Å². The van der Waals surface area contributed by atoms with Gasteiger partial charge in [0, 0.05) is 70.2 Å². The van der Waals surface area contributed by atoms with E-state index in [4.69, 9.17) is 9.73 Å². The monoisotopic (exact) mass is 410 g/mol. The summed E-state index contributed by atoms with van der Waals surface area (Å²) in [5, 5.41) is 7.85. The fourth-order valence-electron chi connectivity index (χ4n) is 4.54. The van der Waals surface area contributed by atoms with Crippen LogP contribution in [-0.2, 0) is 7.05 Å². The van der Waals surface area contributed by atoms with Gasteiger partial charge < -0.3 is 19.9 Å². The van der Waals surface area contributed by atoms with E-state index < -0.39 is 0 Å². The summed E-state index contributed by atoms with van der Waals surface area (Å²) in [5.41, 5.74) is 2.58. The number of hydrogen-bond donors (Lipinski definition) is 1. The van der Waals surface area contributed by atoms with Crippen LogP contribution in [0.15, 0.2) is 41.7 Å². The summed E-state index contributed by atoms with van der Waals surface area (Å²) in [6, 6.07) is 8.35. The van der Waals surface area contributed by atoms with E-state index in [2.05, 4.69) is 51.5 Å². The minimum atomic E-state index is 0.539. The molecule has 2 unspecified atom stereocenters. The molecule has 0 spiro atoms. The number of aliphatic imine (C=N–C) groups is 1. The highest BCUT2D eigenvalue weighted by Crippen LogP contribution is 2.28. The van der Waals surface area contributed by atoms with Gasteiger partial charge in [0.15, 0.2) is 5.96 Å². The lowest BCUT2D eigenvalue weighted by molar-refractivity contribution is 0.415. The first kappa shape index (κ1) is 20.6. The van der Waals surface area contributed by atoms with E-state index in [-0.39, 0.29) is 0 Å². The van der Waals surface area contributed by atoms with Gasteiger partial charge in [0.1, 0.15) is 5.75 Å². The minimum Gasteiger partial charge on any atom is -0.497 e. The molecule has 2 fully saturated rings. The number of aryl methyl sites for hydroxylation is 1. The Bertz CT molecular complexity index is 863. The van der Waals surface area contributed by atoms with Gasteiger partial charge in [0.2, 0.25) is 0 Å². The van der Waals surface area contributed by atoms with Crippen LogP contribution in [-0.4, -0.2) is 67.0 Å². The molecule has 1 aromatic heterocycles. The van der Waals surface area contributed by atoms with Crippen molar-refractivity contribution in [1.29, 1.82) is 0 Å². The van der Waals surface area contributed by atoms with Crippen LogP contribution in [0.4, 0.5) is 5.69 Å². The minimum absolute atomic E-state index is 0.539. The highest BCUT2D eigenvalue weighted by atomic mass is 16.5. The van der Waals surface area contributed by atoms with Gasteiger partial charge in [-0.1, -0.05) is 6.07 Å². The number of benzene rings is 1. The summed E-state index contributed by atoms with van der Waals surface area (Å²) >= 11 is 0. The van der Waals surface area contributed by atoms with E-state index in [1.807, 2.05) is 24.0 Å². The standard InChI is InChI=1S/C23H34N6O/c1-4-24-23(29-11-9-19(17-29)20-14-26-27(2)16-20)25-13-18-8-10-28(15-18)21-6-5-7-22(12-21)30-3/h5-7,12,14,16,18-19H,4,8-11,13,15,17H2,1-3H3,(H,24,25). The van der Waals surface area contributed by atoms with Gasteiger partial charge in [-0.3, -0.25) is 9.67 Å². The largest absolute Gasteiger partial charge is 0.497 e. The quantitative estimate of drug-likeness (QED) is 0.586. The Morgan fingerprint density at radius 3 is 2.93 bits per heavy atom. The van der Waals surface area contributed by atoms with E-state index in [9.17, 15) is 0 Å². The molecular weight excluding hydrogens is 376 g/mol. The molecule has 2 aromatic rings. The molecule has 30 heavy (non-hydrogen) atoms. The molecule has 2 aliphatic rings. The number of guanidine groups is 1. The molecule has 3 heterocycles. The first-order valence-corrected chi connectivity index (χ1v) is 11.1. The second-order valence-corrected chi connectivity index (χ2v) is 8.38. The first-order valence-electron chi connectivity index (χ1n) is 11.1. The topological polar surface area (TPSA) is 57.9 Å². The number of likely N-dealkylation sites (tertiary alicyclic amines) is 1. The molecule has 1 N–H and O–H groups in total. The van der Waals surface area contributed by atoms with Crippen LogP contribution in [0.5, 0.6) is 5.75 Å². The first-order chi connectivity index (χ1) is 14.7. The molecule has 0 amide bonds. The molecule has 1 aromatic carbocycles. The van der Waals surface area contributed by atoms with Gasteiger partial charge >= 0.3 is 0 Å². The molecule has 0 bridgehead atoms. The summed E-state index contributed by atoms with van der Waals surface area (Å²) in [6.45, 7) is 8.10. The Morgan fingerprint density at radius 2 is 2.17 bits per heavy atom. The molecule has 2 saturated heterocycles. The summed E-state index contributed by atoms with van der Waals surface area (Å²) in [4.78, 5) is 9.89. The van der Waals surface area contributed by atoms with Crippen molar-refractivity contribution < 1.29 is 4.74 Å². The Labute approximate surface area is 179 Å². The number of nitrogens with one attached hydrogen (secondary N) is 1. The summed E-state index contributed by atoms with van der Waals surface area (Å²) in [5.74, 6) is 3.10. The van der Waals surface area contributed by atoms with Crippen LogP contribution >= 0.6 is 0 Å². The number of rotatable bonds is 6. The Morgan fingerprint density at radius 1 is 1.27 bits per heavy atom. The molecule has 0 aliphatic carbocycles. The van der Waals surface area contributed by atoms with Gasteiger partial charge in [0.25, 0.3) is 0 Å². The Kier molecular flexibility index (Phi) is 6.45. The van der Waals surface area contributed by atoms with Crippen molar-refractivity contribution in [3.63, 3.8) is 0 Å². The van der Waals surface area contributed by atoms with Crippen molar-refractivity contribution in [3.8, 4) is 5.75 Å². The molecular formula is C23H34N6O. The van der Waals surface area contributed by atoms with E-state index in [0.717, 1.165) is 57.4 Å². The average Bonchev–Trinajstić information content (AvgIpc) is 3.52. The number of aromatic nitrogens is 2. The third-order valence-electron chi connectivity index (χ3n) is 6.22. The zero-order valence-electron chi connectivity index (χ0n) is 18.4. The van der Waals surface area contributed by atoms with Crippen LogP contribution in [0.1, 0.15) is 31.2 Å². The maximum Gasteiger partial charge on any atom is 0.193 e. The number of anilines is 1. The lowest BCUT2D eigenvalue weighted by Crippen LogP contribution is -2.40. The van der Waals surface area contributed by atoms with Crippen LogP contribution in [0.3, 0.4) is 0 Å². The van der Waals surface area contributed by atoms with Crippen LogP contribution < -0.4 is 15.0 Å². The van der Waals surface area contributed by atoms with Gasteiger partial charge in [-0.05, 0) is 43.4 Å². The third-order valence-corrected chi connectivity index (χ3v) is 6.22. The lowest BCUT2D eigenvalue weighted by atomic mass is 10.0. The third kappa shape index (κ3) is 4.71. The van der Waals surface area contributed by atoms with E-state index in [1.165, 1.54) is 17.7 Å². The van der Waals surface area contributed by atoms with E-state index in [0.29, 0.717) is 11.8 Å². The fourth-order valence-corrected chi connectivity index (χ4v) is 4.54. The zero-order chi connectivity index (χ0) is 20.9. The zero-order valence-corrected chi connectivity index (χ0v) is 18.4. The number of nitrogens with zero attached hydrogens (tertiary/aromatic N) is 5. The van der Waals surface area contributed by atoms with Crippen molar-refractivity contribution in [3.05, 3.63) is 42.2 Å². The van der Waals surface area contributed by atoms with E-state index in [1.54, 1.807) is 7.11 Å². The number of hydrogen-bond acceptors (Lipinski definition) is 4. The second kappa shape index (κ2) is 9.41. The number of ether oxygens (including phenoxy) is 1. The summed E-state index contributed by atoms with van der Waals surface area (Å²) in [7, 11) is 3.71. The molecule has 4 rings (SSSR count). The molecule has 0 saturated carbocycles. The van der Waals surface area contributed by atoms with Crippen LogP contribution in [0, 0.1) is 5.92 Å². The highest BCUT2D eigenvalue weighted by molar-refractivity contribution is 5.80. The molecule has 7 heteroatoms. The molecule has 0 radical (unpaired) electrons. The highest BCUT2D eigenvalue weighted by Gasteiger charge is 2.28. The Balaban J connectivity index is 1.35. The second-order valence-electron chi connectivity index (χ2n) is 8.38. The van der Waals surface area contributed by atoms with Crippen molar-refractivity contribution in [2.45, 2.75) is 25.7 Å². The van der Waals surface area contributed by atoms with Gasteiger partial charge in [0.05, 0.1) is 13.3 Å². The Hall–Kier alpha value is -2.70. The maximum absolute atomic E-state index is 5.38. The van der Waals surface area contributed by atoms with Crippen molar-refractivity contribution in [1.82, 2.24) is 20.0 Å². The van der Waals surface area contributed by atoms with E-state index >= 15 is 0 Å². The van der Waals surface area contributed by atoms with Gasteiger partial charge in [-0.15, -0.1) is 0 Å². The predicted molar refractivity (Wildman–Crippen MR) is 121 cm³/mol. The smallest absolute Gasteiger partial charge is 0.193 e. The molecule has 162 valence electrons. The average molecular weight is 411 g/mol. The normalized spacial score (nSPS) is 22.0. The van der Waals surface area contributed by atoms with Crippen molar-refractivity contribution >= 4 is 11.6 Å². The molecule has 2 atom stereocenters. The van der Waals surface area contributed by atoms with Crippen molar-refractivity contribution in [2.75, 3.05) is 51.3 Å². The fraction of sp³-hybridized carbons (Fsp3) is 0.565. The predicted octanol–water partition coefficient (Wildman–Crippen LogP) is 2.71. The SMILES string of the molecule is CCNC(=NCC1CCN(c2cccc(OC)c2)C1)N1CCC(c2cnn(C)c2)C1. The summed E-state index contributed by atoms with van der Waals surface area (Å²) < 4.78 is 7.27. The number of methoxy groups -OCH3 is 1. The maximum atomic E-state index is 5.38. The van der Waals surface area contributed by atoms with Crippen LogP contribution in [0.2, 0.25) is 0 Å².